The van der Waals surface area contributed by atoms with Gasteiger partial charge < -0.3 is 4.90 Å². The molecule has 0 saturated heterocycles. The minimum absolute atomic E-state index is 0.875. The average molecular weight is 251 g/mol. The average Bonchev–Trinajstić information content (AvgIpc) is 2.77. The van der Waals surface area contributed by atoms with Gasteiger partial charge in [0.1, 0.15) is 0 Å². The second-order valence-corrected chi connectivity index (χ2v) is 4.69. The summed E-state index contributed by atoms with van der Waals surface area (Å²) in [5.74, 6) is 0. The number of aliphatic imine (C=N–C) groups is 1. The predicted octanol–water partition coefficient (Wildman–Crippen LogP) is 3.03. The highest BCUT2D eigenvalue weighted by Gasteiger charge is 2.09. The number of rotatable bonds is 2. The van der Waals surface area contributed by atoms with E-state index in [4.69, 9.17) is 0 Å². The number of nitrogens with zero attached hydrogens (tertiary/aromatic N) is 3. The molecule has 2 heterocycles. The molecule has 1 aliphatic rings. The molecule has 1 aromatic carbocycles. The standard InChI is InChI=1S/C16H17N3/c1-2-5-14(6-3-1)15-11-16(13-18-12-15)19-9-4-7-17-8-10-19/h1-3,5-6,8,11-13H,4,7,9-10H2. The van der Waals surface area contributed by atoms with E-state index in [9.17, 15) is 0 Å². The van der Waals surface area contributed by atoms with Crippen molar-refractivity contribution < 1.29 is 0 Å². The molecule has 1 aliphatic heterocycles. The molecular formula is C16H17N3. The van der Waals surface area contributed by atoms with E-state index in [0.29, 0.717) is 0 Å². The molecule has 0 fully saturated rings. The molecule has 19 heavy (non-hydrogen) atoms. The van der Waals surface area contributed by atoms with Gasteiger partial charge in [0, 0.05) is 31.1 Å². The van der Waals surface area contributed by atoms with E-state index in [0.717, 1.165) is 26.1 Å². The van der Waals surface area contributed by atoms with Crippen LogP contribution in [0.5, 0.6) is 0 Å². The molecule has 0 N–H and O–H groups in total. The minimum Gasteiger partial charge on any atom is -0.365 e. The molecule has 3 rings (SSSR count). The summed E-state index contributed by atoms with van der Waals surface area (Å²) < 4.78 is 0. The molecule has 0 aliphatic carbocycles. The first-order chi connectivity index (χ1) is 9.43. The van der Waals surface area contributed by atoms with Gasteiger partial charge in [-0.15, -0.1) is 0 Å². The van der Waals surface area contributed by atoms with Gasteiger partial charge >= 0.3 is 0 Å². The maximum atomic E-state index is 4.38. The van der Waals surface area contributed by atoms with Crippen molar-refractivity contribution in [3.8, 4) is 11.1 Å². The third kappa shape index (κ3) is 2.81. The molecule has 0 radical (unpaired) electrons. The van der Waals surface area contributed by atoms with Gasteiger partial charge in [-0.25, -0.2) is 0 Å². The van der Waals surface area contributed by atoms with Crippen molar-refractivity contribution in [2.75, 3.05) is 24.5 Å². The molecule has 1 aromatic heterocycles. The van der Waals surface area contributed by atoms with Crippen LogP contribution in [0.15, 0.2) is 53.8 Å². The topological polar surface area (TPSA) is 28.5 Å². The van der Waals surface area contributed by atoms with Crippen molar-refractivity contribution in [2.24, 2.45) is 4.99 Å². The molecular weight excluding hydrogens is 234 g/mol. The Balaban J connectivity index is 1.89. The van der Waals surface area contributed by atoms with Crippen molar-refractivity contribution in [2.45, 2.75) is 6.42 Å². The van der Waals surface area contributed by atoms with E-state index in [-0.39, 0.29) is 0 Å². The first kappa shape index (κ1) is 11.9. The van der Waals surface area contributed by atoms with Gasteiger partial charge in [0.2, 0.25) is 0 Å². The summed E-state index contributed by atoms with van der Waals surface area (Å²) in [7, 11) is 0. The van der Waals surface area contributed by atoms with Crippen molar-refractivity contribution in [1.29, 1.82) is 0 Å². The zero-order valence-corrected chi connectivity index (χ0v) is 10.9. The molecule has 0 atom stereocenters. The molecule has 3 nitrogen and oxygen atoms in total. The fourth-order valence-corrected chi connectivity index (χ4v) is 2.32. The van der Waals surface area contributed by atoms with Gasteiger partial charge in [0.25, 0.3) is 0 Å². The minimum atomic E-state index is 0.875. The highest BCUT2D eigenvalue weighted by Crippen LogP contribution is 2.23. The Morgan fingerprint density at radius 1 is 1.00 bits per heavy atom. The predicted molar refractivity (Wildman–Crippen MR) is 79.9 cm³/mol. The summed E-state index contributed by atoms with van der Waals surface area (Å²) in [5, 5.41) is 0. The number of hydrogen-bond acceptors (Lipinski definition) is 3. The van der Waals surface area contributed by atoms with Crippen LogP contribution >= 0.6 is 0 Å². The molecule has 96 valence electrons. The lowest BCUT2D eigenvalue weighted by Crippen LogP contribution is -2.25. The normalized spacial score (nSPS) is 15.3. The summed E-state index contributed by atoms with van der Waals surface area (Å²) in [6.07, 6.45) is 6.96. The number of aromatic nitrogens is 1. The number of benzene rings is 1. The molecule has 2 aromatic rings. The summed E-state index contributed by atoms with van der Waals surface area (Å²) >= 11 is 0. The molecule has 0 bridgehead atoms. The van der Waals surface area contributed by atoms with Crippen molar-refractivity contribution >= 4 is 11.9 Å². The third-order valence-corrected chi connectivity index (χ3v) is 3.34. The van der Waals surface area contributed by atoms with Gasteiger partial charge in [0.05, 0.1) is 18.4 Å². The highest BCUT2D eigenvalue weighted by atomic mass is 15.1. The number of pyridine rings is 1. The second-order valence-electron chi connectivity index (χ2n) is 4.69. The Morgan fingerprint density at radius 2 is 1.89 bits per heavy atom. The fourth-order valence-electron chi connectivity index (χ4n) is 2.32. The quantitative estimate of drug-likeness (QED) is 0.820. The summed E-state index contributed by atoms with van der Waals surface area (Å²) in [4.78, 5) is 11.1. The summed E-state index contributed by atoms with van der Waals surface area (Å²) in [5.41, 5.74) is 3.55. The van der Waals surface area contributed by atoms with E-state index in [1.807, 2.05) is 24.7 Å². The van der Waals surface area contributed by atoms with Crippen LogP contribution in [-0.4, -0.2) is 30.8 Å². The van der Waals surface area contributed by atoms with Crippen LogP contribution in [0.4, 0.5) is 5.69 Å². The van der Waals surface area contributed by atoms with E-state index in [2.05, 4.69) is 45.2 Å². The largest absolute Gasteiger partial charge is 0.365 e. The summed E-state index contributed by atoms with van der Waals surface area (Å²) in [6.45, 7) is 2.85. The van der Waals surface area contributed by atoms with Crippen LogP contribution in [0.1, 0.15) is 6.42 Å². The van der Waals surface area contributed by atoms with Crippen LogP contribution in [0.2, 0.25) is 0 Å². The van der Waals surface area contributed by atoms with Gasteiger partial charge in [-0.3, -0.25) is 9.98 Å². The van der Waals surface area contributed by atoms with Crippen molar-refractivity contribution in [1.82, 2.24) is 4.98 Å². The Kier molecular flexibility index (Phi) is 3.54. The Labute approximate surface area is 113 Å². The van der Waals surface area contributed by atoms with Crippen molar-refractivity contribution in [3.63, 3.8) is 0 Å². The number of anilines is 1. The maximum Gasteiger partial charge on any atom is 0.0562 e. The Hall–Kier alpha value is -2.16. The highest BCUT2D eigenvalue weighted by molar-refractivity contribution is 5.70. The van der Waals surface area contributed by atoms with Crippen LogP contribution < -0.4 is 4.90 Å². The van der Waals surface area contributed by atoms with Gasteiger partial charge in [0.15, 0.2) is 0 Å². The molecule has 0 saturated carbocycles. The lowest BCUT2D eigenvalue weighted by atomic mass is 10.1. The fraction of sp³-hybridized carbons (Fsp3) is 0.250. The first-order valence-electron chi connectivity index (χ1n) is 6.67. The van der Waals surface area contributed by atoms with E-state index >= 15 is 0 Å². The van der Waals surface area contributed by atoms with Crippen LogP contribution in [0.25, 0.3) is 11.1 Å². The van der Waals surface area contributed by atoms with Crippen LogP contribution in [-0.2, 0) is 0 Å². The SMILES string of the molecule is C1=NCCCN(c2cncc(-c3ccccc3)c2)C1. The zero-order chi connectivity index (χ0) is 12.9. The lowest BCUT2D eigenvalue weighted by Gasteiger charge is -2.21. The monoisotopic (exact) mass is 251 g/mol. The van der Waals surface area contributed by atoms with E-state index < -0.39 is 0 Å². The maximum absolute atomic E-state index is 4.38. The van der Waals surface area contributed by atoms with Gasteiger partial charge in [-0.2, -0.15) is 0 Å². The molecule has 0 amide bonds. The summed E-state index contributed by atoms with van der Waals surface area (Å²) in [6, 6.07) is 12.6. The molecule has 3 heteroatoms. The molecule has 0 unspecified atom stereocenters. The smallest absolute Gasteiger partial charge is 0.0562 e. The second kappa shape index (κ2) is 5.65. The number of hydrogen-bond donors (Lipinski definition) is 0. The van der Waals surface area contributed by atoms with Gasteiger partial charge in [-0.1, -0.05) is 30.3 Å². The molecule has 0 spiro atoms. The van der Waals surface area contributed by atoms with E-state index in [1.54, 1.807) is 0 Å². The third-order valence-electron chi connectivity index (χ3n) is 3.34. The van der Waals surface area contributed by atoms with Crippen LogP contribution in [0, 0.1) is 0 Å². The first-order valence-corrected chi connectivity index (χ1v) is 6.67. The Morgan fingerprint density at radius 3 is 2.79 bits per heavy atom. The van der Waals surface area contributed by atoms with Crippen molar-refractivity contribution in [3.05, 3.63) is 48.8 Å². The van der Waals surface area contributed by atoms with E-state index in [1.165, 1.54) is 16.8 Å². The van der Waals surface area contributed by atoms with Crippen LogP contribution in [0.3, 0.4) is 0 Å². The Bertz CT molecular complexity index is 563. The zero-order valence-electron chi connectivity index (χ0n) is 10.9. The van der Waals surface area contributed by atoms with Gasteiger partial charge in [-0.05, 0) is 18.1 Å². The lowest BCUT2D eigenvalue weighted by molar-refractivity contribution is 0.804.